The van der Waals surface area contributed by atoms with Crippen LogP contribution in [-0.2, 0) is 6.54 Å². The van der Waals surface area contributed by atoms with Crippen LogP contribution in [0.25, 0.3) is 0 Å². The van der Waals surface area contributed by atoms with E-state index in [0.29, 0.717) is 5.75 Å². The maximum absolute atomic E-state index is 9.60. The van der Waals surface area contributed by atoms with E-state index in [1.165, 1.54) is 31.2 Å². The van der Waals surface area contributed by atoms with Crippen LogP contribution in [0.15, 0.2) is 18.2 Å². The Hall–Kier alpha value is -1.22. The molecule has 0 bridgehead atoms. The van der Waals surface area contributed by atoms with Gasteiger partial charge in [-0.1, -0.05) is 25.8 Å². The van der Waals surface area contributed by atoms with E-state index in [1.54, 1.807) is 13.2 Å². The van der Waals surface area contributed by atoms with E-state index < -0.39 is 0 Å². The van der Waals surface area contributed by atoms with Gasteiger partial charge in [-0.05, 0) is 37.1 Å². The van der Waals surface area contributed by atoms with Gasteiger partial charge in [-0.3, -0.25) is 4.90 Å². The van der Waals surface area contributed by atoms with Gasteiger partial charge in [-0.15, -0.1) is 0 Å². The molecule has 18 heavy (non-hydrogen) atoms. The lowest BCUT2D eigenvalue weighted by atomic mass is 10.1. The molecule has 1 saturated carbocycles. The third-order valence-corrected chi connectivity index (χ3v) is 3.88. The molecule has 1 aromatic carbocycles. The lowest BCUT2D eigenvalue weighted by molar-refractivity contribution is 0.200. The predicted molar refractivity (Wildman–Crippen MR) is 73.0 cm³/mol. The Kier molecular flexibility index (Phi) is 4.48. The van der Waals surface area contributed by atoms with E-state index in [1.807, 2.05) is 12.1 Å². The standard InChI is InChI=1S/C15H23NO2/c1-3-16(13-6-4-5-7-13)11-12-8-9-14(17)15(10-12)18-2/h8-10,13,17H,3-7,11H2,1-2H3. The van der Waals surface area contributed by atoms with Crippen molar-refractivity contribution in [3.05, 3.63) is 23.8 Å². The number of benzene rings is 1. The third kappa shape index (κ3) is 2.96. The van der Waals surface area contributed by atoms with Gasteiger partial charge in [0.05, 0.1) is 7.11 Å². The van der Waals surface area contributed by atoms with Gasteiger partial charge in [0, 0.05) is 12.6 Å². The van der Waals surface area contributed by atoms with Gasteiger partial charge in [0.25, 0.3) is 0 Å². The average Bonchev–Trinajstić information content (AvgIpc) is 2.91. The van der Waals surface area contributed by atoms with E-state index in [9.17, 15) is 5.11 Å². The van der Waals surface area contributed by atoms with Crippen molar-refractivity contribution in [2.24, 2.45) is 0 Å². The highest BCUT2D eigenvalue weighted by Gasteiger charge is 2.21. The van der Waals surface area contributed by atoms with Gasteiger partial charge < -0.3 is 9.84 Å². The fourth-order valence-corrected chi connectivity index (χ4v) is 2.82. The van der Waals surface area contributed by atoms with Crippen LogP contribution in [0.4, 0.5) is 0 Å². The second kappa shape index (κ2) is 6.10. The topological polar surface area (TPSA) is 32.7 Å². The molecular formula is C15H23NO2. The zero-order chi connectivity index (χ0) is 13.0. The van der Waals surface area contributed by atoms with Gasteiger partial charge in [0.15, 0.2) is 11.5 Å². The largest absolute Gasteiger partial charge is 0.504 e. The van der Waals surface area contributed by atoms with Crippen LogP contribution in [0.5, 0.6) is 11.5 Å². The Morgan fingerprint density at radius 1 is 1.33 bits per heavy atom. The summed E-state index contributed by atoms with van der Waals surface area (Å²) in [5, 5.41) is 9.60. The first-order valence-electron chi connectivity index (χ1n) is 6.84. The van der Waals surface area contributed by atoms with Crippen LogP contribution in [0.3, 0.4) is 0 Å². The minimum absolute atomic E-state index is 0.213. The molecule has 0 heterocycles. The number of nitrogens with zero attached hydrogens (tertiary/aromatic N) is 1. The molecule has 0 atom stereocenters. The lowest BCUT2D eigenvalue weighted by Crippen LogP contribution is -2.32. The van der Waals surface area contributed by atoms with Gasteiger partial charge in [0.2, 0.25) is 0 Å². The van der Waals surface area contributed by atoms with Crippen LogP contribution in [-0.4, -0.2) is 29.7 Å². The lowest BCUT2D eigenvalue weighted by Gasteiger charge is -2.27. The highest BCUT2D eigenvalue weighted by atomic mass is 16.5. The van der Waals surface area contributed by atoms with Gasteiger partial charge in [0.1, 0.15) is 0 Å². The molecule has 0 spiro atoms. The van der Waals surface area contributed by atoms with Crippen molar-refractivity contribution >= 4 is 0 Å². The summed E-state index contributed by atoms with van der Waals surface area (Å²) in [5.41, 5.74) is 1.21. The SMILES string of the molecule is CCN(Cc1ccc(O)c(OC)c1)C1CCCC1. The van der Waals surface area contributed by atoms with Crippen molar-refractivity contribution in [3.8, 4) is 11.5 Å². The Labute approximate surface area is 109 Å². The first kappa shape index (κ1) is 13.2. The molecular weight excluding hydrogens is 226 g/mol. The maximum Gasteiger partial charge on any atom is 0.160 e. The molecule has 1 N–H and O–H groups in total. The summed E-state index contributed by atoms with van der Waals surface area (Å²) in [7, 11) is 1.59. The minimum atomic E-state index is 0.213. The van der Waals surface area contributed by atoms with E-state index in [4.69, 9.17) is 4.74 Å². The fraction of sp³-hybridized carbons (Fsp3) is 0.600. The Morgan fingerprint density at radius 2 is 2.06 bits per heavy atom. The number of aromatic hydroxyl groups is 1. The summed E-state index contributed by atoms with van der Waals surface area (Å²) < 4.78 is 5.16. The molecule has 1 aliphatic carbocycles. The van der Waals surface area contributed by atoms with Crippen molar-refractivity contribution in [3.63, 3.8) is 0 Å². The molecule has 100 valence electrons. The van der Waals surface area contributed by atoms with Crippen molar-refractivity contribution in [1.82, 2.24) is 4.90 Å². The summed E-state index contributed by atoms with van der Waals surface area (Å²) in [5.74, 6) is 0.778. The minimum Gasteiger partial charge on any atom is -0.504 e. The Morgan fingerprint density at radius 3 is 2.67 bits per heavy atom. The van der Waals surface area contributed by atoms with Crippen molar-refractivity contribution < 1.29 is 9.84 Å². The molecule has 0 radical (unpaired) electrons. The zero-order valence-corrected chi connectivity index (χ0v) is 11.4. The summed E-state index contributed by atoms with van der Waals surface area (Å²) in [6.45, 7) is 4.24. The molecule has 1 aromatic rings. The van der Waals surface area contributed by atoms with E-state index in [0.717, 1.165) is 19.1 Å². The number of rotatable bonds is 5. The molecule has 0 saturated heterocycles. The zero-order valence-electron chi connectivity index (χ0n) is 11.4. The second-order valence-corrected chi connectivity index (χ2v) is 5.01. The first-order chi connectivity index (χ1) is 8.74. The summed E-state index contributed by atoms with van der Waals surface area (Å²) in [4.78, 5) is 2.53. The van der Waals surface area contributed by atoms with E-state index in [2.05, 4.69) is 11.8 Å². The second-order valence-electron chi connectivity index (χ2n) is 5.01. The number of hydrogen-bond donors (Lipinski definition) is 1. The average molecular weight is 249 g/mol. The highest BCUT2D eigenvalue weighted by molar-refractivity contribution is 5.41. The molecule has 0 unspecified atom stereocenters. The Balaban J connectivity index is 2.06. The number of ether oxygens (including phenoxy) is 1. The van der Waals surface area contributed by atoms with Gasteiger partial charge in [-0.2, -0.15) is 0 Å². The summed E-state index contributed by atoms with van der Waals surface area (Å²) >= 11 is 0. The van der Waals surface area contributed by atoms with E-state index in [-0.39, 0.29) is 5.75 Å². The number of methoxy groups -OCH3 is 1. The monoisotopic (exact) mass is 249 g/mol. The molecule has 3 nitrogen and oxygen atoms in total. The molecule has 3 heteroatoms. The molecule has 0 amide bonds. The van der Waals surface area contributed by atoms with E-state index >= 15 is 0 Å². The molecule has 1 fully saturated rings. The Bertz CT molecular complexity index is 386. The van der Waals surface area contributed by atoms with Gasteiger partial charge >= 0.3 is 0 Å². The number of phenols is 1. The maximum atomic E-state index is 9.60. The van der Waals surface area contributed by atoms with Crippen LogP contribution in [0, 0.1) is 0 Å². The smallest absolute Gasteiger partial charge is 0.160 e. The van der Waals surface area contributed by atoms with Crippen LogP contribution in [0.1, 0.15) is 38.2 Å². The third-order valence-electron chi connectivity index (χ3n) is 3.88. The molecule has 1 aliphatic rings. The number of hydrogen-bond acceptors (Lipinski definition) is 3. The van der Waals surface area contributed by atoms with Crippen LogP contribution < -0.4 is 4.74 Å². The molecule has 0 aliphatic heterocycles. The first-order valence-corrected chi connectivity index (χ1v) is 6.84. The molecule has 2 rings (SSSR count). The number of phenolic OH excluding ortho intramolecular Hbond substituents is 1. The van der Waals surface area contributed by atoms with Crippen molar-refractivity contribution in [2.75, 3.05) is 13.7 Å². The van der Waals surface area contributed by atoms with Crippen LogP contribution in [0.2, 0.25) is 0 Å². The van der Waals surface area contributed by atoms with Crippen molar-refractivity contribution in [2.45, 2.75) is 45.2 Å². The van der Waals surface area contributed by atoms with Crippen LogP contribution >= 0.6 is 0 Å². The van der Waals surface area contributed by atoms with Gasteiger partial charge in [-0.25, -0.2) is 0 Å². The quantitative estimate of drug-likeness (QED) is 0.870. The molecule has 0 aromatic heterocycles. The summed E-state index contributed by atoms with van der Waals surface area (Å²) in [6, 6.07) is 6.37. The van der Waals surface area contributed by atoms with Crippen molar-refractivity contribution in [1.29, 1.82) is 0 Å². The predicted octanol–water partition coefficient (Wildman–Crippen LogP) is 3.17. The fourth-order valence-electron chi connectivity index (χ4n) is 2.82. The highest BCUT2D eigenvalue weighted by Crippen LogP contribution is 2.29. The summed E-state index contributed by atoms with van der Waals surface area (Å²) in [6.07, 6.45) is 5.37. The normalized spacial score (nSPS) is 16.4.